The molecule has 1 aliphatic rings. The minimum absolute atomic E-state index is 0.0263. The van der Waals surface area contributed by atoms with Gasteiger partial charge in [0.2, 0.25) is 0 Å². The maximum atomic E-state index is 12.3. The van der Waals surface area contributed by atoms with E-state index in [-0.39, 0.29) is 18.2 Å². The number of methoxy groups -OCH3 is 1. The molecule has 132 valence electrons. The summed E-state index contributed by atoms with van der Waals surface area (Å²) >= 11 is 0. The summed E-state index contributed by atoms with van der Waals surface area (Å²) in [5.41, 5.74) is 1.80. The molecule has 2 unspecified atom stereocenters. The predicted molar refractivity (Wildman–Crippen MR) is 97.8 cm³/mol. The van der Waals surface area contributed by atoms with Gasteiger partial charge in [0.25, 0.3) is 0 Å². The van der Waals surface area contributed by atoms with Crippen molar-refractivity contribution < 1.29 is 14.3 Å². The van der Waals surface area contributed by atoms with Crippen molar-refractivity contribution in [1.82, 2.24) is 5.32 Å². The van der Waals surface area contributed by atoms with E-state index < -0.39 is 0 Å². The Labute approximate surface area is 148 Å². The predicted octanol–water partition coefficient (Wildman–Crippen LogP) is 3.95. The van der Waals surface area contributed by atoms with Gasteiger partial charge in [0.1, 0.15) is 5.75 Å². The van der Waals surface area contributed by atoms with Crippen molar-refractivity contribution in [3.05, 3.63) is 60.2 Å². The van der Waals surface area contributed by atoms with E-state index in [2.05, 4.69) is 10.6 Å². The Morgan fingerprint density at radius 3 is 2.64 bits per heavy atom. The van der Waals surface area contributed by atoms with Crippen molar-refractivity contribution in [3.63, 3.8) is 0 Å². The first-order valence-electron chi connectivity index (χ1n) is 8.62. The summed E-state index contributed by atoms with van der Waals surface area (Å²) in [4.78, 5) is 12.3. The lowest BCUT2D eigenvalue weighted by Gasteiger charge is -2.22. The summed E-state index contributed by atoms with van der Waals surface area (Å²) in [5, 5.41) is 5.89. The largest absolute Gasteiger partial charge is 0.495 e. The zero-order chi connectivity index (χ0) is 17.5. The fourth-order valence-electron chi connectivity index (χ4n) is 3.14. The van der Waals surface area contributed by atoms with E-state index >= 15 is 0 Å². The molecule has 0 saturated heterocycles. The zero-order valence-electron chi connectivity index (χ0n) is 14.4. The van der Waals surface area contributed by atoms with Crippen molar-refractivity contribution in [3.8, 4) is 5.75 Å². The molecular formula is C20H24N2O3. The highest BCUT2D eigenvalue weighted by molar-refractivity contribution is 5.91. The first-order valence-corrected chi connectivity index (χ1v) is 8.62. The van der Waals surface area contributed by atoms with E-state index in [1.54, 1.807) is 7.11 Å². The Morgan fingerprint density at radius 2 is 1.84 bits per heavy atom. The Hall–Kier alpha value is -2.53. The molecule has 2 aromatic carbocycles. The summed E-state index contributed by atoms with van der Waals surface area (Å²) in [5.74, 6) is 0.640. The summed E-state index contributed by atoms with van der Waals surface area (Å²) in [6.07, 6.45) is 2.99. The third-order valence-corrected chi connectivity index (χ3v) is 4.43. The fourth-order valence-corrected chi connectivity index (χ4v) is 3.14. The van der Waals surface area contributed by atoms with Crippen molar-refractivity contribution in [2.75, 3.05) is 12.4 Å². The molecular weight excluding hydrogens is 316 g/mol. The molecule has 2 amide bonds. The minimum Gasteiger partial charge on any atom is -0.495 e. The molecule has 0 heterocycles. The number of nitrogens with one attached hydrogen (secondary N) is 2. The van der Waals surface area contributed by atoms with Crippen molar-refractivity contribution in [2.45, 2.75) is 38.0 Å². The van der Waals surface area contributed by atoms with Gasteiger partial charge in [0, 0.05) is 0 Å². The second-order valence-electron chi connectivity index (χ2n) is 6.17. The highest BCUT2D eigenvalue weighted by atomic mass is 16.5. The molecule has 0 aromatic heterocycles. The summed E-state index contributed by atoms with van der Waals surface area (Å²) in [6.45, 7) is 0.567. The molecule has 5 heteroatoms. The van der Waals surface area contributed by atoms with E-state index in [1.165, 1.54) is 0 Å². The Bertz CT molecular complexity index is 690. The van der Waals surface area contributed by atoms with Gasteiger partial charge >= 0.3 is 6.03 Å². The third-order valence-electron chi connectivity index (χ3n) is 4.43. The van der Waals surface area contributed by atoms with E-state index in [0.29, 0.717) is 18.0 Å². The Morgan fingerprint density at radius 1 is 1.08 bits per heavy atom. The van der Waals surface area contributed by atoms with Crippen LogP contribution in [-0.2, 0) is 11.3 Å². The first kappa shape index (κ1) is 17.3. The van der Waals surface area contributed by atoms with Gasteiger partial charge in [-0.2, -0.15) is 0 Å². The summed E-state index contributed by atoms with van der Waals surface area (Å²) < 4.78 is 11.3. The third kappa shape index (κ3) is 4.73. The van der Waals surface area contributed by atoms with Crippen molar-refractivity contribution in [2.24, 2.45) is 0 Å². The molecule has 0 spiro atoms. The topological polar surface area (TPSA) is 59.6 Å². The normalized spacial score (nSPS) is 19.4. The van der Waals surface area contributed by atoms with E-state index in [0.717, 1.165) is 24.8 Å². The van der Waals surface area contributed by atoms with Crippen LogP contribution in [-0.4, -0.2) is 25.3 Å². The van der Waals surface area contributed by atoms with Crippen LogP contribution >= 0.6 is 0 Å². The number of rotatable bonds is 6. The minimum atomic E-state index is -0.232. The van der Waals surface area contributed by atoms with Crippen LogP contribution in [0.1, 0.15) is 24.8 Å². The number of carbonyl (C=O) groups excluding carboxylic acids is 1. The number of ether oxygens (including phenoxy) is 2. The van der Waals surface area contributed by atoms with Crippen LogP contribution in [0.25, 0.3) is 0 Å². The zero-order valence-corrected chi connectivity index (χ0v) is 14.4. The molecule has 0 aliphatic heterocycles. The average Bonchev–Trinajstić information content (AvgIpc) is 3.08. The van der Waals surface area contributed by atoms with Gasteiger partial charge in [0.15, 0.2) is 0 Å². The standard InChI is InChI=1S/C20H24N2O3/c1-24-18-12-6-5-10-16(18)21-20(23)22-17-11-7-13-19(17)25-14-15-8-3-2-4-9-15/h2-6,8-10,12,17,19H,7,11,13-14H2,1H3,(H2,21,22,23). The Balaban J connectivity index is 1.53. The number of benzene rings is 2. The highest BCUT2D eigenvalue weighted by Gasteiger charge is 2.29. The van der Waals surface area contributed by atoms with Crippen LogP contribution < -0.4 is 15.4 Å². The van der Waals surface area contributed by atoms with E-state index in [9.17, 15) is 4.79 Å². The van der Waals surface area contributed by atoms with Crippen molar-refractivity contribution in [1.29, 1.82) is 0 Å². The molecule has 5 nitrogen and oxygen atoms in total. The molecule has 0 bridgehead atoms. The first-order chi connectivity index (χ1) is 12.3. The highest BCUT2D eigenvalue weighted by Crippen LogP contribution is 2.25. The van der Waals surface area contributed by atoms with Gasteiger partial charge in [-0.1, -0.05) is 42.5 Å². The number of carbonyl (C=O) groups is 1. The molecule has 3 rings (SSSR count). The molecule has 1 aliphatic carbocycles. The molecule has 2 atom stereocenters. The van der Waals surface area contributed by atoms with Crippen LogP contribution in [0.2, 0.25) is 0 Å². The second kappa shape index (κ2) is 8.53. The SMILES string of the molecule is COc1ccccc1NC(=O)NC1CCCC1OCc1ccccc1. The van der Waals surface area contributed by atoms with Gasteiger partial charge in [-0.25, -0.2) is 4.79 Å². The number of anilines is 1. The smallest absolute Gasteiger partial charge is 0.319 e. The van der Waals surface area contributed by atoms with Gasteiger partial charge in [-0.15, -0.1) is 0 Å². The number of hydrogen-bond acceptors (Lipinski definition) is 3. The average molecular weight is 340 g/mol. The number of para-hydroxylation sites is 2. The molecule has 1 saturated carbocycles. The molecule has 2 aromatic rings. The fraction of sp³-hybridized carbons (Fsp3) is 0.350. The number of urea groups is 1. The van der Waals surface area contributed by atoms with Gasteiger partial charge < -0.3 is 20.1 Å². The summed E-state index contributed by atoms with van der Waals surface area (Å²) in [6, 6.07) is 17.2. The van der Waals surface area contributed by atoms with Gasteiger partial charge in [-0.3, -0.25) is 0 Å². The van der Waals surface area contributed by atoms with Crippen LogP contribution in [0.5, 0.6) is 5.75 Å². The van der Waals surface area contributed by atoms with Crippen LogP contribution in [0, 0.1) is 0 Å². The maximum Gasteiger partial charge on any atom is 0.319 e. The lowest BCUT2D eigenvalue weighted by Crippen LogP contribution is -2.43. The lowest BCUT2D eigenvalue weighted by atomic mass is 10.2. The quantitative estimate of drug-likeness (QED) is 0.837. The monoisotopic (exact) mass is 340 g/mol. The molecule has 2 N–H and O–H groups in total. The molecule has 25 heavy (non-hydrogen) atoms. The van der Waals surface area contributed by atoms with E-state index in [4.69, 9.17) is 9.47 Å². The van der Waals surface area contributed by atoms with Crippen LogP contribution in [0.4, 0.5) is 10.5 Å². The number of amides is 2. The van der Waals surface area contributed by atoms with Crippen LogP contribution in [0.3, 0.4) is 0 Å². The van der Waals surface area contributed by atoms with E-state index in [1.807, 2.05) is 54.6 Å². The molecule has 0 radical (unpaired) electrons. The van der Waals surface area contributed by atoms with Gasteiger partial charge in [-0.05, 0) is 37.0 Å². The lowest BCUT2D eigenvalue weighted by molar-refractivity contribution is 0.0305. The van der Waals surface area contributed by atoms with Crippen molar-refractivity contribution >= 4 is 11.7 Å². The Kier molecular flexibility index (Phi) is 5.90. The number of hydrogen-bond donors (Lipinski definition) is 2. The summed E-state index contributed by atoms with van der Waals surface area (Å²) in [7, 11) is 1.59. The van der Waals surface area contributed by atoms with Gasteiger partial charge in [0.05, 0.1) is 31.5 Å². The van der Waals surface area contributed by atoms with Crippen LogP contribution in [0.15, 0.2) is 54.6 Å². The second-order valence-corrected chi connectivity index (χ2v) is 6.17. The maximum absolute atomic E-state index is 12.3. The molecule has 1 fully saturated rings.